The Kier molecular flexibility index (Phi) is 6.55. The summed E-state index contributed by atoms with van der Waals surface area (Å²) in [7, 11) is 0. The van der Waals surface area contributed by atoms with Crippen LogP contribution in [0.25, 0.3) is 0 Å². The van der Waals surface area contributed by atoms with Crippen molar-refractivity contribution in [3.8, 4) is 5.75 Å². The number of ether oxygens (including phenoxy) is 1. The molecule has 3 N–H and O–H groups in total. The van der Waals surface area contributed by atoms with Crippen LogP contribution in [0.3, 0.4) is 0 Å². The second-order valence-electron chi connectivity index (χ2n) is 5.65. The third kappa shape index (κ3) is 5.33. The lowest BCUT2D eigenvalue weighted by molar-refractivity contribution is 0.0946. The highest BCUT2D eigenvalue weighted by atomic mass is 32.1. The van der Waals surface area contributed by atoms with Gasteiger partial charge in [-0.15, -0.1) is 11.3 Å². The Hall–Kier alpha value is -1.92. The zero-order valence-electron chi connectivity index (χ0n) is 13.5. The number of rotatable bonds is 8. The number of thiazole rings is 1. The number of nitrogens with zero attached hydrogens (tertiary/aromatic N) is 1. The van der Waals surface area contributed by atoms with Crippen LogP contribution in [0.1, 0.15) is 41.3 Å². The minimum absolute atomic E-state index is 0.196. The molecule has 1 amide bonds. The van der Waals surface area contributed by atoms with E-state index in [4.69, 9.17) is 10.5 Å². The summed E-state index contributed by atoms with van der Waals surface area (Å²) in [5.74, 6) is 1.22. The molecule has 0 aliphatic carbocycles. The van der Waals surface area contributed by atoms with E-state index >= 15 is 0 Å². The molecule has 0 radical (unpaired) electrons. The van der Waals surface area contributed by atoms with Gasteiger partial charge in [0.25, 0.3) is 5.91 Å². The average Bonchev–Trinajstić information content (AvgIpc) is 3.02. The maximum absolute atomic E-state index is 12.1. The molecular weight excluding hydrogens is 310 g/mol. The molecule has 124 valence electrons. The zero-order valence-corrected chi connectivity index (χ0v) is 14.4. The molecule has 6 heteroatoms. The van der Waals surface area contributed by atoms with Crippen molar-refractivity contribution >= 4 is 17.2 Å². The van der Waals surface area contributed by atoms with Crippen molar-refractivity contribution in [2.75, 3.05) is 6.61 Å². The Morgan fingerprint density at radius 1 is 1.39 bits per heavy atom. The summed E-state index contributed by atoms with van der Waals surface area (Å²) in [6, 6.07) is 7.75. The minimum atomic E-state index is -0.196. The molecule has 0 aliphatic heterocycles. The first kappa shape index (κ1) is 17.4. The van der Waals surface area contributed by atoms with Gasteiger partial charge >= 0.3 is 0 Å². The van der Waals surface area contributed by atoms with E-state index < -0.39 is 0 Å². The van der Waals surface area contributed by atoms with E-state index in [0.29, 0.717) is 31.3 Å². The SMILES string of the molecule is CC(C)CCOc1ccccc1CNC(=O)c1csc(CN)n1. The maximum Gasteiger partial charge on any atom is 0.271 e. The first-order valence-corrected chi connectivity index (χ1v) is 8.61. The first-order valence-electron chi connectivity index (χ1n) is 7.73. The molecule has 2 aromatic rings. The number of benzene rings is 1. The van der Waals surface area contributed by atoms with E-state index in [1.807, 2.05) is 24.3 Å². The van der Waals surface area contributed by atoms with Crippen LogP contribution < -0.4 is 15.8 Å². The van der Waals surface area contributed by atoms with Gasteiger partial charge in [0.2, 0.25) is 0 Å². The quantitative estimate of drug-likeness (QED) is 0.778. The van der Waals surface area contributed by atoms with Crippen LogP contribution in [-0.2, 0) is 13.1 Å². The van der Waals surface area contributed by atoms with Crippen LogP contribution in [0.2, 0.25) is 0 Å². The van der Waals surface area contributed by atoms with Crippen LogP contribution in [-0.4, -0.2) is 17.5 Å². The standard InChI is InChI=1S/C17H23N3O2S/c1-12(2)7-8-22-15-6-4-3-5-13(15)10-19-17(21)14-11-23-16(9-18)20-14/h3-6,11-12H,7-10,18H2,1-2H3,(H,19,21). The van der Waals surface area contributed by atoms with Crippen LogP contribution >= 0.6 is 11.3 Å². The monoisotopic (exact) mass is 333 g/mol. The lowest BCUT2D eigenvalue weighted by Gasteiger charge is -2.12. The lowest BCUT2D eigenvalue weighted by Crippen LogP contribution is -2.23. The average molecular weight is 333 g/mol. The third-order valence-corrected chi connectivity index (χ3v) is 4.19. The van der Waals surface area contributed by atoms with Crippen molar-refractivity contribution in [1.29, 1.82) is 0 Å². The first-order chi connectivity index (χ1) is 11.1. The van der Waals surface area contributed by atoms with E-state index in [2.05, 4.69) is 24.1 Å². The fourth-order valence-corrected chi connectivity index (χ4v) is 2.62. The number of hydrogen-bond donors (Lipinski definition) is 2. The Morgan fingerprint density at radius 3 is 2.87 bits per heavy atom. The predicted molar refractivity (Wildman–Crippen MR) is 92.6 cm³/mol. The van der Waals surface area contributed by atoms with Gasteiger partial charge in [-0.2, -0.15) is 0 Å². The number of para-hydroxylation sites is 1. The number of amides is 1. The summed E-state index contributed by atoms with van der Waals surface area (Å²) in [6.07, 6.45) is 1.00. The van der Waals surface area contributed by atoms with E-state index in [-0.39, 0.29) is 5.91 Å². The third-order valence-electron chi connectivity index (χ3n) is 3.32. The fraction of sp³-hybridized carbons (Fsp3) is 0.412. The summed E-state index contributed by atoms with van der Waals surface area (Å²) in [5, 5.41) is 5.36. The van der Waals surface area contributed by atoms with Gasteiger partial charge in [0, 0.05) is 24.0 Å². The van der Waals surface area contributed by atoms with E-state index in [1.165, 1.54) is 11.3 Å². The van der Waals surface area contributed by atoms with Crippen molar-refractivity contribution in [2.24, 2.45) is 11.7 Å². The molecule has 5 nitrogen and oxygen atoms in total. The lowest BCUT2D eigenvalue weighted by atomic mass is 10.1. The van der Waals surface area contributed by atoms with Crippen molar-refractivity contribution in [3.63, 3.8) is 0 Å². The molecule has 0 aliphatic rings. The molecule has 0 spiro atoms. The molecule has 0 atom stereocenters. The van der Waals surface area contributed by atoms with Crippen molar-refractivity contribution in [2.45, 2.75) is 33.4 Å². The van der Waals surface area contributed by atoms with E-state index in [1.54, 1.807) is 5.38 Å². The second kappa shape index (κ2) is 8.64. The van der Waals surface area contributed by atoms with Gasteiger partial charge < -0.3 is 15.8 Å². The summed E-state index contributed by atoms with van der Waals surface area (Å²) in [6.45, 7) is 5.77. The molecule has 0 saturated heterocycles. The molecular formula is C17H23N3O2S. The van der Waals surface area contributed by atoms with Crippen LogP contribution in [0.4, 0.5) is 0 Å². The predicted octanol–water partition coefficient (Wildman–Crippen LogP) is 2.96. The molecule has 23 heavy (non-hydrogen) atoms. The highest BCUT2D eigenvalue weighted by Crippen LogP contribution is 2.19. The van der Waals surface area contributed by atoms with Crippen LogP contribution in [0.5, 0.6) is 5.75 Å². The van der Waals surface area contributed by atoms with Gasteiger partial charge in [0.1, 0.15) is 16.5 Å². The molecule has 1 aromatic carbocycles. The van der Waals surface area contributed by atoms with Crippen molar-refractivity contribution in [1.82, 2.24) is 10.3 Å². The van der Waals surface area contributed by atoms with E-state index in [0.717, 1.165) is 22.7 Å². The molecule has 2 rings (SSSR count). The number of hydrogen-bond acceptors (Lipinski definition) is 5. The number of nitrogens with one attached hydrogen (secondary N) is 1. The Morgan fingerprint density at radius 2 is 2.17 bits per heavy atom. The van der Waals surface area contributed by atoms with Gasteiger partial charge in [-0.05, 0) is 18.4 Å². The second-order valence-corrected chi connectivity index (χ2v) is 6.59. The molecule has 0 fully saturated rings. The van der Waals surface area contributed by atoms with Gasteiger partial charge in [-0.1, -0.05) is 32.0 Å². The number of carbonyl (C=O) groups is 1. The van der Waals surface area contributed by atoms with E-state index in [9.17, 15) is 4.79 Å². The Bertz CT molecular complexity index is 640. The minimum Gasteiger partial charge on any atom is -0.493 e. The molecule has 0 bridgehead atoms. The fourth-order valence-electron chi connectivity index (χ4n) is 1.97. The highest BCUT2D eigenvalue weighted by Gasteiger charge is 2.11. The van der Waals surface area contributed by atoms with Gasteiger partial charge in [0.15, 0.2) is 0 Å². The molecule has 1 aromatic heterocycles. The Labute approximate surface area is 140 Å². The Balaban J connectivity index is 1.93. The number of aromatic nitrogens is 1. The van der Waals surface area contributed by atoms with Gasteiger partial charge in [0.05, 0.1) is 6.61 Å². The maximum atomic E-state index is 12.1. The summed E-state index contributed by atoms with van der Waals surface area (Å²) < 4.78 is 5.83. The van der Waals surface area contributed by atoms with Crippen molar-refractivity contribution < 1.29 is 9.53 Å². The zero-order chi connectivity index (χ0) is 16.7. The summed E-state index contributed by atoms with van der Waals surface area (Å²) >= 11 is 1.39. The number of nitrogens with two attached hydrogens (primary N) is 1. The normalized spacial score (nSPS) is 10.8. The number of carbonyl (C=O) groups excluding carboxylic acids is 1. The van der Waals surface area contributed by atoms with Gasteiger partial charge in [-0.3, -0.25) is 4.79 Å². The largest absolute Gasteiger partial charge is 0.493 e. The highest BCUT2D eigenvalue weighted by molar-refractivity contribution is 7.09. The molecule has 1 heterocycles. The summed E-state index contributed by atoms with van der Waals surface area (Å²) in [5.41, 5.74) is 6.88. The molecule has 0 unspecified atom stereocenters. The van der Waals surface area contributed by atoms with Crippen LogP contribution in [0, 0.1) is 5.92 Å². The molecule has 0 saturated carbocycles. The topological polar surface area (TPSA) is 77.2 Å². The smallest absolute Gasteiger partial charge is 0.271 e. The van der Waals surface area contributed by atoms with Crippen molar-refractivity contribution in [3.05, 3.63) is 45.9 Å². The van der Waals surface area contributed by atoms with Gasteiger partial charge in [-0.25, -0.2) is 4.98 Å². The summed E-state index contributed by atoms with van der Waals surface area (Å²) in [4.78, 5) is 16.3. The van der Waals surface area contributed by atoms with Crippen LogP contribution in [0.15, 0.2) is 29.6 Å².